The van der Waals surface area contributed by atoms with Crippen molar-refractivity contribution < 1.29 is 4.79 Å². The van der Waals surface area contributed by atoms with Crippen LogP contribution >= 0.6 is 34.5 Å². The maximum Gasteiger partial charge on any atom is 0.255 e. The largest absolute Gasteiger partial charge is 0.378 e. The lowest BCUT2D eigenvalue weighted by atomic mass is 10.1. The highest BCUT2D eigenvalue weighted by molar-refractivity contribution is 7.20. The van der Waals surface area contributed by atoms with Crippen molar-refractivity contribution >= 4 is 46.1 Å². The second-order valence-electron chi connectivity index (χ2n) is 4.89. The minimum absolute atomic E-state index is 0.0419. The summed E-state index contributed by atoms with van der Waals surface area (Å²) in [5.74, 6) is -0.0419. The summed E-state index contributed by atoms with van der Waals surface area (Å²) in [5, 5.41) is 3.33. The summed E-state index contributed by atoms with van der Waals surface area (Å²) in [5.41, 5.74) is 2.34. The smallest absolute Gasteiger partial charge is 0.255 e. The highest BCUT2D eigenvalue weighted by Crippen LogP contribution is 2.36. The van der Waals surface area contributed by atoms with Crippen LogP contribution in [0.15, 0.2) is 30.3 Å². The maximum atomic E-state index is 12.2. The predicted octanol–water partition coefficient (Wildman–Crippen LogP) is 4.93. The molecule has 6 heteroatoms. The van der Waals surface area contributed by atoms with E-state index in [4.69, 9.17) is 23.2 Å². The minimum Gasteiger partial charge on any atom is -0.378 e. The van der Waals surface area contributed by atoms with Crippen molar-refractivity contribution in [2.45, 2.75) is 13.0 Å². The molecule has 0 radical (unpaired) electrons. The van der Waals surface area contributed by atoms with Crippen LogP contribution in [0.25, 0.3) is 0 Å². The van der Waals surface area contributed by atoms with Crippen LogP contribution in [0.2, 0.25) is 8.67 Å². The van der Waals surface area contributed by atoms with Gasteiger partial charge in [0.05, 0.1) is 20.3 Å². The van der Waals surface area contributed by atoms with Crippen LogP contribution < -0.4 is 5.32 Å². The third-order valence-corrected chi connectivity index (χ3v) is 4.60. The number of hydrogen-bond donors (Lipinski definition) is 1. The molecule has 1 atom stereocenters. The SMILES string of the molecule is CC(Nc1ccccc1C(=O)N(C)C)c1cc(Cl)sc1Cl. The zero-order valence-corrected chi connectivity index (χ0v) is 14.3. The Hall–Kier alpha value is -1.23. The lowest BCUT2D eigenvalue weighted by Crippen LogP contribution is -2.23. The summed E-state index contributed by atoms with van der Waals surface area (Å²) >= 11 is 13.5. The number of para-hydroxylation sites is 1. The molecule has 1 aromatic heterocycles. The fraction of sp³-hybridized carbons (Fsp3) is 0.267. The van der Waals surface area contributed by atoms with E-state index < -0.39 is 0 Å². The Balaban J connectivity index is 2.27. The van der Waals surface area contributed by atoms with Gasteiger partial charge < -0.3 is 10.2 Å². The quantitative estimate of drug-likeness (QED) is 0.854. The molecule has 112 valence electrons. The van der Waals surface area contributed by atoms with Gasteiger partial charge in [0.15, 0.2) is 0 Å². The number of halogens is 2. The van der Waals surface area contributed by atoms with Crippen LogP contribution in [0.4, 0.5) is 5.69 Å². The number of nitrogens with zero attached hydrogens (tertiary/aromatic N) is 1. The summed E-state index contributed by atoms with van der Waals surface area (Å²) in [4.78, 5) is 13.8. The summed E-state index contributed by atoms with van der Waals surface area (Å²) in [7, 11) is 3.47. The third kappa shape index (κ3) is 3.70. The van der Waals surface area contributed by atoms with Gasteiger partial charge in [0.1, 0.15) is 0 Å². The summed E-state index contributed by atoms with van der Waals surface area (Å²) < 4.78 is 1.32. The lowest BCUT2D eigenvalue weighted by molar-refractivity contribution is 0.0828. The first kappa shape index (κ1) is 16.1. The first-order valence-corrected chi connectivity index (χ1v) is 7.99. The molecule has 0 saturated heterocycles. The first-order valence-electron chi connectivity index (χ1n) is 6.42. The van der Waals surface area contributed by atoms with Crippen LogP contribution in [-0.4, -0.2) is 24.9 Å². The summed E-state index contributed by atoms with van der Waals surface area (Å²) in [6, 6.07) is 9.24. The second kappa shape index (κ2) is 6.69. The number of hydrogen-bond acceptors (Lipinski definition) is 3. The van der Waals surface area contributed by atoms with E-state index in [9.17, 15) is 4.79 Å². The highest BCUT2D eigenvalue weighted by Gasteiger charge is 2.17. The molecule has 2 rings (SSSR count). The molecule has 0 aliphatic carbocycles. The number of carbonyl (C=O) groups is 1. The number of benzene rings is 1. The lowest BCUT2D eigenvalue weighted by Gasteiger charge is -2.19. The molecule has 3 nitrogen and oxygen atoms in total. The van der Waals surface area contributed by atoms with E-state index in [0.29, 0.717) is 14.2 Å². The maximum absolute atomic E-state index is 12.2. The van der Waals surface area contributed by atoms with Crippen molar-refractivity contribution in [3.8, 4) is 0 Å². The Morgan fingerprint density at radius 3 is 2.52 bits per heavy atom. The average Bonchev–Trinajstić information content (AvgIpc) is 2.77. The molecule has 1 N–H and O–H groups in total. The molecule has 2 aromatic rings. The van der Waals surface area contributed by atoms with Crippen LogP contribution in [0.1, 0.15) is 28.9 Å². The zero-order valence-electron chi connectivity index (χ0n) is 12.0. The van der Waals surface area contributed by atoms with Crippen LogP contribution in [0.5, 0.6) is 0 Å². The van der Waals surface area contributed by atoms with Crippen molar-refractivity contribution in [2.24, 2.45) is 0 Å². The first-order chi connectivity index (χ1) is 9.90. The van der Waals surface area contributed by atoms with E-state index in [-0.39, 0.29) is 11.9 Å². The van der Waals surface area contributed by atoms with Crippen LogP contribution in [0, 0.1) is 0 Å². The van der Waals surface area contributed by atoms with Gasteiger partial charge in [-0.05, 0) is 25.1 Å². The van der Waals surface area contributed by atoms with E-state index in [0.717, 1.165) is 11.3 Å². The second-order valence-corrected chi connectivity index (χ2v) is 7.18. The Morgan fingerprint density at radius 2 is 1.95 bits per heavy atom. The zero-order chi connectivity index (χ0) is 15.6. The molecule has 0 spiro atoms. The molecular formula is C15H16Cl2N2OS. The van der Waals surface area contributed by atoms with Crippen LogP contribution in [0.3, 0.4) is 0 Å². The molecule has 0 fully saturated rings. The van der Waals surface area contributed by atoms with Crippen molar-refractivity contribution in [3.05, 3.63) is 50.1 Å². The summed E-state index contributed by atoms with van der Waals surface area (Å²) in [6.45, 7) is 1.99. The standard InChI is InChI=1S/C15H16Cl2N2OS/c1-9(11-8-13(16)21-14(11)17)18-12-7-5-4-6-10(12)15(20)19(2)3/h4-9,18H,1-3H3. The summed E-state index contributed by atoms with van der Waals surface area (Å²) in [6.07, 6.45) is 0. The Morgan fingerprint density at radius 1 is 1.29 bits per heavy atom. The number of rotatable bonds is 4. The van der Waals surface area contributed by atoms with Gasteiger partial charge >= 0.3 is 0 Å². The van der Waals surface area contributed by atoms with Crippen molar-refractivity contribution in [2.75, 3.05) is 19.4 Å². The van der Waals surface area contributed by atoms with Gasteiger partial charge in [0.2, 0.25) is 0 Å². The molecule has 1 aromatic carbocycles. The van der Waals surface area contributed by atoms with Gasteiger partial charge in [-0.1, -0.05) is 35.3 Å². The number of anilines is 1. The molecular weight excluding hydrogens is 327 g/mol. The number of nitrogens with one attached hydrogen (secondary N) is 1. The minimum atomic E-state index is -0.0441. The van der Waals surface area contributed by atoms with Gasteiger partial charge in [-0.2, -0.15) is 0 Å². The highest BCUT2D eigenvalue weighted by atomic mass is 35.5. The van der Waals surface area contributed by atoms with Crippen molar-refractivity contribution in [3.63, 3.8) is 0 Å². The van der Waals surface area contributed by atoms with Gasteiger partial charge in [-0.15, -0.1) is 11.3 Å². The molecule has 0 saturated carbocycles. The molecule has 0 bridgehead atoms. The molecule has 1 heterocycles. The molecule has 1 unspecified atom stereocenters. The number of thiophene rings is 1. The fourth-order valence-corrected chi connectivity index (χ4v) is 3.64. The predicted molar refractivity (Wildman–Crippen MR) is 90.8 cm³/mol. The van der Waals surface area contributed by atoms with Gasteiger partial charge in [0.25, 0.3) is 5.91 Å². The van der Waals surface area contributed by atoms with Gasteiger partial charge in [0, 0.05) is 25.3 Å². The Bertz CT molecular complexity index is 655. The molecule has 0 aliphatic rings. The number of amides is 1. The van der Waals surface area contributed by atoms with Gasteiger partial charge in [-0.25, -0.2) is 0 Å². The Kier molecular flexibility index (Phi) is 5.14. The van der Waals surface area contributed by atoms with E-state index in [1.54, 1.807) is 25.1 Å². The fourth-order valence-electron chi connectivity index (χ4n) is 2.00. The van der Waals surface area contributed by atoms with E-state index in [2.05, 4.69) is 5.32 Å². The molecule has 1 amide bonds. The molecule has 21 heavy (non-hydrogen) atoms. The monoisotopic (exact) mass is 342 g/mol. The Labute approximate surface area is 138 Å². The third-order valence-electron chi connectivity index (χ3n) is 3.09. The topological polar surface area (TPSA) is 32.3 Å². The van der Waals surface area contributed by atoms with Gasteiger partial charge in [-0.3, -0.25) is 4.79 Å². The van der Waals surface area contributed by atoms with E-state index in [1.165, 1.54) is 11.3 Å². The van der Waals surface area contributed by atoms with Crippen LogP contribution in [-0.2, 0) is 0 Å². The average molecular weight is 343 g/mol. The normalized spacial score (nSPS) is 12.0. The number of carbonyl (C=O) groups excluding carboxylic acids is 1. The molecule has 0 aliphatic heterocycles. The van der Waals surface area contributed by atoms with E-state index >= 15 is 0 Å². The van der Waals surface area contributed by atoms with E-state index in [1.807, 2.05) is 31.2 Å². The van der Waals surface area contributed by atoms with Crippen molar-refractivity contribution in [1.29, 1.82) is 0 Å². The van der Waals surface area contributed by atoms with Crippen molar-refractivity contribution in [1.82, 2.24) is 4.90 Å².